The van der Waals surface area contributed by atoms with Gasteiger partial charge in [-0.25, -0.2) is 9.37 Å². The van der Waals surface area contributed by atoms with Gasteiger partial charge < -0.3 is 9.32 Å². The van der Waals surface area contributed by atoms with Crippen molar-refractivity contribution in [1.29, 1.82) is 0 Å². The van der Waals surface area contributed by atoms with E-state index >= 15 is 0 Å². The van der Waals surface area contributed by atoms with Crippen LogP contribution in [0.15, 0.2) is 59.1 Å². The summed E-state index contributed by atoms with van der Waals surface area (Å²) in [7, 11) is 1.74. The molecule has 1 aromatic heterocycles. The van der Waals surface area contributed by atoms with Crippen LogP contribution in [0.4, 0.5) is 4.39 Å². The maximum absolute atomic E-state index is 13.0. The van der Waals surface area contributed by atoms with E-state index in [0.717, 1.165) is 11.1 Å². The van der Waals surface area contributed by atoms with E-state index in [-0.39, 0.29) is 18.1 Å². The van der Waals surface area contributed by atoms with Crippen molar-refractivity contribution in [2.24, 2.45) is 0 Å². The van der Waals surface area contributed by atoms with Gasteiger partial charge in [0.05, 0.1) is 6.20 Å². The summed E-state index contributed by atoms with van der Waals surface area (Å²) < 4.78 is 18.6. The Labute approximate surface area is 156 Å². The topological polar surface area (TPSA) is 46.3 Å². The number of nitrogens with zero attached hydrogens (tertiary/aromatic N) is 2. The number of carbonyl (C=O) groups is 1. The quantitative estimate of drug-likeness (QED) is 0.628. The molecule has 2 aromatic carbocycles. The number of aromatic nitrogens is 1. The first kappa shape index (κ1) is 18.1. The van der Waals surface area contributed by atoms with Gasteiger partial charge in [0, 0.05) is 37.0 Å². The summed E-state index contributed by atoms with van der Waals surface area (Å²) in [5.41, 5.74) is 1.65. The lowest BCUT2D eigenvalue weighted by Gasteiger charge is -2.17. The first-order chi connectivity index (χ1) is 12.5. The third kappa shape index (κ3) is 4.49. The first-order valence-corrected chi connectivity index (χ1v) is 8.59. The number of carbonyl (C=O) groups excluding carboxylic acids is 1. The normalized spacial score (nSPS) is 10.7. The van der Waals surface area contributed by atoms with E-state index in [1.54, 1.807) is 36.3 Å². The molecule has 0 aliphatic carbocycles. The number of halogens is 2. The molecule has 1 amide bonds. The molecule has 4 nitrogen and oxygen atoms in total. The highest BCUT2D eigenvalue weighted by atomic mass is 35.5. The van der Waals surface area contributed by atoms with Gasteiger partial charge in [0.1, 0.15) is 5.82 Å². The molecular weight excluding hydrogens is 355 g/mol. The molecule has 3 rings (SSSR count). The molecule has 0 saturated carbocycles. The largest absolute Gasteiger partial charge is 0.441 e. The van der Waals surface area contributed by atoms with Crippen LogP contribution in [-0.2, 0) is 17.8 Å². The fraction of sp³-hybridized carbons (Fsp3) is 0.200. The molecule has 0 saturated heterocycles. The van der Waals surface area contributed by atoms with Crippen LogP contribution in [-0.4, -0.2) is 22.8 Å². The van der Waals surface area contributed by atoms with Crippen LogP contribution in [0, 0.1) is 5.82 Å². The lowest BCUT2D eigenvalue weighted by atomic mass is 10.2. The third-order valence-corrected chi connectivity index (χ3v) is 4.39. The van der Waals surface area contributed by atoms with Crippen LogP contribution < -0.4 is 0 Å². The predicted molar refractivity (Wildman–Crippen MR) is 98.1 cm³/mol. The molecule has 0 bridgehead atoms. The van der Waals surface area contributed by atoms with Crippen molar-refractivity contribution in [2.45, 2.75) is 19.4 Å². The fourth-order valence-electron chi connectivity index (χ4n) is 2.55. The molecule has 0 radical (unpaired) electrons. The highest BCUT2D eigenvalue weighted by Crippen LogP contribution is 2.21. The molecule has 0 spiro atoms. The van der Waals surface area contributed by atoms with Crippen LogP contribution >= 0.6 is 11.6 Å². The van der Waals surface area contributed by atoms with Gasteiger partial charge in [-0.15, -0.1) is 0 Å². The highest BCUT2D eigenvalue weighted by Gasteiger charge is 2.13. The smallest absolute Gasteiger partial charge is 0.223 e. The van der Waals surface area contributed by atoms with Crippen molar-refractivity contribution in [1.82, 2.24) is 9.88 Å². The maximum atomic E-state index is 13.0. The molecule has 6 heteroatoms. The molecule has 3 aromatic rings. The SMILES string of the molecule is CN(Cc1ccccc1Cl)C(=O)CCc1ncc(-c2ccc(F)cc2)o1. The van der Waals surface area contributed by atoms with Crippen LogP contribution in [0.5, 0.6) is 0 Å². The molecule has 0 aliphatic rings. The minimum Gasteiger partial charge on any atom is -0.441 e. The molecule has 0 N–H and O–H groups in total. The Hall–Kier alpha value is -2.66. The number of hydrogen-bond acceptors (Lipinski definition) is 3. The van der Waals surface area contributed by atoms with E-state index in [1.165, 1.54) is 12.1 Å². The molecule has 1 heterocycles. The van der Waals surface area contributed by atoms with Crippen LogP contribution in [0.2, 0.25) is 5.02 Å². The zero-order valence-corrected chi connectivity index (χ0v) is 15.0. The number of benzene rings is 2. The minimum absolute atomic E-state index is 0.0218. The summed E-state index contributed by atoms with van der Waals surface area (Å²) in [5, 5.41) is 0.642. The van der Waals surface area contributed by atoms with Crippen molar-refractivity contribution in [3.8, 4) is 11.3 Å². The summed E-state index contributed by atoms with van der Waals surface area (Å²) >= 11 is 6.13. The van der Waals surface area contributed by atoms with Gasteiger partial charge in [-0.05, 0) is 35.9 Å². The van der Waals surface area contributed by atoms with Gasteiger partial charge in [0.25, 0.3) is 0 Å². The van der Waals surface area contributed by atoms with Crippen molar-refractivity contribution in [3.63, 3.8) is 0 Å². The lowest BCUT2D eigenvalue weighted by Crippen LogP contribution is -2.26. The Morgan fingerprint density at radius 2 is 1.92 bits per heavy atom. The van der Waals surface area contributed by atoms with Crippen molar-refractivity contribution >= 4 is 17.5 Å². The number of rotatable bonds is 6. The van der Waals surface area contributed by atoms with Gasteiger partial charge in [0.2, 0.25) is 5.91 Å². The Morgan fingerprint density at radius 1 is 1.19 bits per heavy atom. The van der Waals surface area contributed by atoms with Gasteiger partial charge in [0.15, 0.2) is 11.7 Å². The Kier molecular flexibility index (Phi) is 5.68. The first-order valence-electron chi connectivity index (χ1n) is 8.21. The summed E-state index contributed by atoms with van der Waals surface area (Å²) in [6, 6.07) is 13.4. The molecule has 0 atom stereocenters. The Balaban J connectivity index is 1.56. The average Bonchev–Trinajstić information content (AvgIpc) is 3.11. The monoisotopic (exact) mass is 372 g/mol. The van der Waals surface area contributed by atoms with Gasteiger partial charge in [-0.3, -0.25) is 4.79 Å². The standard InChI is InChI=1S/C20H18ClFN2O2/c1-24(13-15-4-2-3-5-17(15)21)20(25)11-10-19-23-12-18(26-19)14-6-8-16(22)9-7-14/h2-9,12H,10-11,13H2,1H3. The minimum atomic E-state index is -0.305. The third-order valence-electron chi connectivity index (χ3n) is 4.03. The van der Waals surface area contributed by atoms with Crippen molar-refractivity contribution < 1.29 is 13.6 Å². The summed E-state index contributed by atoms with van der Waals surface area (Å²) in [4.78, 5) is 18.1. The molecule has 0 fully saturated rings. The molecule has 26 heavy (non-hydrogen) atoms. The lowest BCUT2D eigenvalue weighted by molar-refractivity contribution is -0.130. The van der Waals surface area contributed by atoms with Gasteiger partial charge >= 0.3 is 0 Å². The van der Waals surface area contributed by atoms with E-state index in [2.05, 4.69) is 4.98 Å². The molecule has 0 aliphatic heterocycles. The van der Waals surface area contributed by atoms with Gasteiger partial charge in [-0.2, -0.15) is 0 Å². The van der Waals surface area contributed by atoms with E-state index < -0.39 is 0 Å². The molecular formula is C20H18ClFN2O2. The summed E-state index contributed by atoms with van der Waals surface area (Å²) in [6.45, 7) is 0.449. The molecule has 134 valence electrons. The fourth-order valence-corrected chi connectivity index (χ4v) is 2.74. The van der Waals surface area contributed by atoms with E-state index in [1.807, 2.05) is 18.2 Å². The van der Waals surface area contributed by atoms with Crippen LogP contribution in [0.3, 0.4) is 0 Å². The number of oxazole rings is 1. The van der Waals surface area contributed by atoms with E-state index in [0.29, 0.717) is 29.6 Å². The number of hydrogen-bond donors (Lipinski definition) is 0. The van der Waals surface area contributed by atoms with E-state index in [9.17, 15) is 9.18 Å². The number of amides is 1. The van der Waals surface area contributed by atoms with E-state index in [4.69, 9.17) is 16.0 Å². The zero-order valence-electron chi connectivity index (χ0n) is 14.3. The van der Waals surface area contributed by atoms with Crippen LogP contribution in [0.25, 0.3) is 11.3 Å². The molecule has 0 unspecified atom stereocenters. The second-order valence-electron chi connectivity index (χ2n) is 5.97. The zero-order chi connectivity index (χ0) is 18.5. The summed E-state index contributed by atoms with van der Waals surface area (Å²) in [6.07, 6.45) is 2.26. The predicted octanol–water partition coefficient (Wildman–Crippen LogP) is 4.73. The highest BCUT2D eigenvalue weighted by molar-refractivity contribution is 6.31. The average molecular weight is 373 g/mol. The Bertz CT molecular complexity index is 893. The van der Waals surface area contributed by atoms with Crippen LogP contribution in [0.1, 0.15) is 17.9 Å². The number of aryl methyl sites for hydroxylation is 1. The van der Waals surface area contributed by atoms with Crippen molar-refractivity contribution in [2.75, 3.05) is 7.05 Å². The second kappa shape index (κ2) is 8.15. The van der Waals surface area contributed by atoms with Crippen molar-refractivity contribution in [3.05, 3.63) is 77.0 Å². The Morgan fingerprint density at radius 3 is 2.65 bits per heavy atom. The van der Waals surface area contributed by atoms with Gasteiger partial charge in [-0.1, -0.05) is 29.8 Å². The maximum Gasteiger partial charge on any atom is 0.223 e. The summed E-state index contributed by atoms with van der Waals surface area (Å²) in [5.74, 6) is 0.702. The second-order valence-corrected chi connectivity index (χ2v) is 6.37.